The molecule has 4 heteroatoms. The zero-order chi connectivity index (χ0) is 13.1. The van der Waals surface area contributed by atoms with E-state index in [4.69, 9.17) is 0 Å². The molecule has 1 atom stereocenters. The molecule has 0 bridgehead atoms. The van der Waals surface area contributed by atoms with Crippen LogP contribution in [0.3, 0.4) is 0 Å². The minimum Gasteiger partial charge on any atom is -0.356 e. The Balaban J connectivity index is 2.29. The first-order valence-electron chi connectivity index (χ1n) is 6.51. The van der Waals surface area contributed by atoms with Gasteiger partial charge in [0.15, 0.2) is 0 Å². The maximum absolute atomic E-state index is 12.1. The van der Waals surface area contributed by atoms with E-state index in [1.807, 2.05) is 12.1 Å². The Morgan fingerprint density at radius 2 is 2.28 bits per heavy atom. The molecule has 0 spiro atoms. The van der Waals surface area contributed by atoms with Crippen molar-refractivity contribution in [1.82, 2.24) is 9.88 Å². The normalized spacial score (nSPS) is 19.7. The van der Waals surface area contributed by atoms with Crippen molar-refractivity contribution in [2.45, 2.75) is 19.8 Å². The van der Waals surface area contributed by atoms with Crippen LogP contribution in [0.25, 0.3) is 0 Å². The molecule has 0 aliphatic carbocycles. The standard InChI is InChI=1S/C14H21N3O/c1-11-6-5-9-17(10-11)13-12(7-4-8-15-13)14(18)16(2)3/h4,7-8,11H,5-6,9-10H2,1-3H3/t11-/m1/s1. The molecule has 1 aliphatic heterocycles. The minimum atomic E-state index is 0.0244. The summed E-state index contributed by atoms with van der Waals surface area (Å²) in [5.41, 5.74) is 0.705. The van der Waals surface area contributed by atoms with Crippen molar-refractivity contribution in [3.8, 4) is 0 Å². The molecular formula is C14H21N3O. The van der Waals surface area contributed by atoms with E-state index < -0.39 is 0 Å². The highest BCUT2D eigenvalue weighted by atomic mass is 16.2. The van der Waals surface area contributed by atoms with Crippen molar-refractivity contribution in [3.05, 3.63) is 23.9 Å². The largest absolute Gasteiger partial charge is 0.356 e. The fraction of sp³-hybridized carbons (Fsp3) is 0.571. The van der Waals surface area contributed by atoms with Crippen molar-refractivity contribution in [3.63, 3.8) is 0 Å². The third kappa shape index (κ3) is 2.63. The average Bonchev–Trinajstić information content (AvgIpc) is 2.38. The fourth-order valence-corrected chi connectivity index (χ4v) is 2.44. The lowest BCUT2D eigenvalue weighted by Gasteiger charge is -2.33. The van der Waals surface area contributed by atoms with Gasteiger partial charge in [-0.25, -0.2) is 4.98 Å². The molecule has 4 nitrogen and oxygen atoms in total. The fourth-order valence-electron chi connectivity index (χ4n) is 2.44. The predicted molar refractivity (Wildman–Crippen MR) is 72.9 cm³/mol. The molecule has 1 fully saturated rings. The zero-order valence-corrected chi connectivity index (χ0v) is 11.4. The van der Waals surface area contributed by atoms with Gasteiger partial charge in [0.1, 0.15) is 5.82 Å². The summed E-state index contributed by atoms with van der Waals surface area (Å²) < 4.78 is 0. The van der Waals surface area contributed by atoms with Gasteiger partial charge in [-0.2, -0.15) is 0 Å². The van der Waals surface area contributed by atoms with Crippen LogP contribution < -0.4 is 4.90 Å². The smallest absolute Gasteiger partial charge is 0.257 e. The van der Waals surface area contributed by atoms with Crippen molar-refractivity contribution in [1.29, 1.82) is 0 Å². The van der Waals surface area contributed by atoms with E-state index in [2.05, 4.69) is 16.8 Å². The van der Waals surface area contributed by atoms with E-state index in [1.54, 1.807) is 25.2 Å². The molecule has 1 aromatic heterocycles. The zero-order valence-electron chi connectivity index (χ0n) is 11.4. The van der Waals surface area contributed by atoms with Gasteiger partial charge in [0.25, 0.3) is 5.91 Å². The maximum atomic E-state index is 12.1. The number of anilines is 1. The minimum absolute atomic E-state index is 0.0244. The molecule has 18 heavy (non-hydrogen) atoms. The van der Waals surface area contributed by atoms with E-state index >= 15 is 0 Å². The van der Waals surface area contributed by atoms with Crippen LogP contribution in [0.5, 0.6) is 0 Å². The average molecular weight is 247 g/mol. The monoisotopic (exact) mass is 247 g/mol. The van der Waals surface area contributed by atoms with Gasteiger partial charge in [-0.15, -0.1) is 0 Å². The van der Waals surface area contributed by atoms with E-state index in [9.17, 15) is 4.79 Å². The molecule has 0 N–H and O–H groups in total. The summed E-state index contributed by atoms with van der Waals surface area (Å²) in [6, 6.07) is 3.69. The molecular weight excluding hydrogens is 226 g/mol. The molecule has 0 aromatic carbocycles. The predicted octanol–water partition coefficient (Wildman–Crippen LogP) is 2.02. The van der Waals surface area contributed by atoms with Crippen LogP contribution in [0.15, 0.2) is 18.3 Å². The van der Waals surface area contributed by atoms with Gasteiger partial charge in [0.05, 0.1) is 5.56 Å². The van der Waals surface area contributed by atoms with Gasteiger partial charge < -0.3 is 9.80 Å². The van der Waals surface area contributed by atoms with E-state index in [0.717, 1.165) is 18.9 Å². The molecule has 0 unspecified atom stereocenters. The molecule has 1 aromatic rings. The van der Waals surface area contributed by atoms with Crippen molar-refractivity contribution >= 4 is 11.7 Å². The third-order valence-electron chi connectivity index (χ3n) is 3.38. The first-order chi connectivity index (χ1) is 8.59. The SMILES string of the molecule is C[C@@H]1CCCN(c2ncccc2C(=O)N(C)C)C1. The summed E-state index contributed by atoms with van der Waals surface area (Å²) in [5, 5.41) is 0. The van der Waals surface area contributed by atoms with Gasteiger partial charge in [-0.3, -0.25) is 4.79 Å². The lowest BCUT2D eigenvalue weighted by molar-refractivity contribution is 0.0827. The summed E-state index contributed by atoms with van der Waals surface area (Å²) >= 11 is 0. The van der Waals surface area contributed by atoms with Crippen LogP contribution in [-0.2, 0) is 0 Å². The van der Waals surface area contributed by atoms with E-state index in [-0.39, 0.29) is 5.91 Å². The molecule has 98 valence electrons. The second-order valence-electron chi connectivity index (χ2n) is 5.27. The first kappa shape index (κ1) is 12.9. The number of hydrogen-bond donors (Lipinski definition) is 0. The van der Waals surface area contributed by atoms with Gasteiger partial charge in [0.2, 0.25) is 0 Å². The van der Waals surface area contributed by atoms with Gasteiger partial charge in [0, 0.05) is 33.4 Å². The topological polar surface area (TPSA) is 36.4 Å². The van der Waals surface area contributed by atoms with E-state index in [1.165, 1.54) is 12.8 Å². The number of hydrogen-bond acceptors (Lipinski definition) is 3. The van der Waals surface area contributed by atoms with Crippen LogP contribution in [0.4, 0.5) is 5.82 Å². The second kappa shape index (κ2) is 5.38. The molecule has 1 aliphatic rings. The highest BCUT2D eigenvalue weighted by Gasteiger charge is 2.22. The van der Waals surface area contributed by atoms with Crippen LogP contribution in [-0.4, -0.2) is 43.0 Å². The number of aromatic nitrogens is 1. The highest BCUT2D eigenvalue weighted by Crippen LogP contribution is 2.24. The molecule has 0 saturated carbocycles. The number of nitrogens with zero attached hydrogens (tertiary/aromatic N) is 3. The number of carbonyl (C=O) groups excluding carboxylic acids is 1. The van der Waals surface area contributed by atoms with Crippen LogP contribution in [0, 0.1) is 5.92 Å². The van der Waals surface area contributed by atoms with Crippen molar-refractivity contribution < 1.29 is 4.79 Å². The Hall–Kier alpha value is -1.58. The second-order valence-corrected chi connectivity index (χ2v) is 5.27. The Bertz CT molecular complexity index is 431. The van der Waals surface area contributed by atoms with Gasteiger partial charge >= 0.3 is 0 Å². The third-order valence-corrected chi connectivity index (χ3v) is 3.38. The lowest BCUT2D eigenvalue weighted by atomic mass is 10.00. The van der Waals surface area contributed by atoms with Crippen molar-refractivity contribution in [2.24, 2.45) is 5.92 Å². The van der Waals surface area contributed by atoms with Gasteiger partial charge in [-0.05, 0) is 30.9 Å². The van der Waals surface area contributed by atoms with E-state index in [0.29, 0.717) is 11.5 Å². The number of amides is 1. The first-order valence-corrected chi connectivity index (χ1v) is 6.51. The maximum Gasteiger partial charge on any atom is 0.257 e. The summed E-state index contributed by atoms with van der Waals surface area (Å²) in [5.74, 6) is 1.53. The number of piperidine rings is 1. The summed E-state index contributed by atoms with van der Waals surface area (Å²) in [7, 11) is 3.55. The number of rotatable bonds is 2. The highest BCUT2D eigenvalue weighted by molar-refractivity contribution is 5.98. The Morgan fingerprint density at radius 3 is 2.94 bits per heavy atom. The Morgan fingerprint density at radius 1 is 1.50 bits per heavy atom. The molecule has 0 radical (unpaired) electrons. The van der Waals surface area contributed by atoms with Crippen LogP contribution in [0.2, 0.25) is 0 Å². The lowest BCUT2D eigenvalue weighted by Crippen LogP contribution is -2.36. The van der Waals surface area contributed by atoms with Gasteiger partial charge in [-0.1, -0.05) is 6.92 Å². The summed E-state index contributed by atoms with van der Waals surface area (Å²) in [4.78, 5) is 20.4. The quantitative estimate of drug-likeness (QED) is 0.802. The summed E-state index contributed by atoms with van der Waals surface area (Å²) in [6.07, 6.45) is 4.20. The number of carbonyl (C=O) groups is 1. The molecule has 2 heterocycles. The summed E-state index contributed by atoms with van der Waals surface area (Å²) in [6.45, 7) is 4.24. The Labute approximate surface area is 109 Å². The Kier molecular flexibility index (Phi) is 3.84. The number of pyridine rings is 1. The molecule has 1 amide bonds. The molecule has 2 rings (SSSR count). The molecule has 1 saturated heterocycles. The van der Waals surface area contributed by atoms with Crippen molar-refractivity contribution in [2.75, 3.05) is 32.1 Å². The van der Waals surface area contributed by atoms with Crippen LogP contribution >= 0.6 is 0 Å². The van der Waals surface area contributed by atoms with Crippen LogP contribution in [0.1, 0.15) is 30.1 Å².